The van der Waals surface area contributed by atoms with Gasteiger partial charge in [-0.3, -0.25) is 4.99 Å². The number of aryl methyl sites for hydroxylation is 2. The second-order valence-electron chi connectivity index (χ2n) is 4.45. The third kappa shape index (κ3) is 5.99. The third-order valence-electron chi connectivity index (χ3n) is 2.38. The normalized spacial score (nSPS) is 11.3. The van der Waals surface area contributed by atoms with Gasteiger partial charge in [0.05, 0.1) is 12.2 Å². The fraction of sp³-hybridized carbons (Fsp3) is 0.667. The van der Waals surface area contributed by atoms with E-state index < -0.39 is 0 Å². The molecule has 0 aliphatic carbocycles. The van der Waals surface area contributed by atoms with Gasteiger partial charge >= 0.3 is 0 Å². The van der Waals surface area contributed by atoms with Crippen LogP contribution in [0.3, 0.4) is 0 Å². The van der Waals surface area contributed by atoms with Crippen molar-refractivity contribution in [3.63, 3.8) is 0 Å². The number of aromatic nitrogens is 1. The summed E-state index contributed by atoms with van der Waals surface area (Å²) in [4.78, 5) is 9.94. The molecule has 0 spiro atoms. The minimum atomic E-state index is 0. The van der Waals surface area contributed by atoms with Crippen LogP contribution in [-0.2, 0) is 6.54 Å². The van der Waals surface area contributed by atoms with Crippen LogP contribution in [0, 0.1) is 19.8 Å². The first-order chi connectivity index (χ1) is 8.02. The highest BCUT2D eigenvalue weighted by Gasteiger charge is 2.04. The van der Waals surface area contributed by atoms with Gasteiger partial charge in [-0.1, -0.05) is 13.8 Å². The van der Waals surface area contributed by atoms with Crippen molar-refractivity contribution in [1.29, 1.82) is 0 Å². The second-order valence-corrected chi connectivity index (χ2v) is 5.74. The van der Waals surface area contributed by atoms with E-state index >= 15 is 0 Å². The molecule has 0 aliphatic heterocycles. The Labute approximate surface area is 131 Å². The Morgan fingerprint density at radius 2 is 2.00 bits per heavy atom. The standard InChI is InChI=1S/C12H22N4S.HI/c1-8(2)6-14-12(13-5)15-7-11-16-9(3)10(4)17-11;/h8H,6-7H2,1-5H3,(H2,13,14,15);1H. The third-order valence-corrected chi connectivity index (χ3v) is 3.45. The average Bonchev–Trinajstić information content (AvgIpc) is 2.58. The van der Waals surface area contributed by atoms with Gasteiger partial charge in [-0.05, 0) is 19.8 Å². The Morgan fingerprint density at radius 1 is 1.33 bits per heavy atom. The molecule has 0 aromatic carbocycles. The minimum absolute atomic E-state index is 0. The number of rotatable bonds is 4. The summed E-state index contributed by atoms with van der Waals surface area (Å²) in [7, 11) is 1.79. The van der Waals surface area contributed by atoms with Crippen LogP contribution >= 0.6 is 35.3 Å². The van der Waals surface area contributed by atoms with Crippen molar-refractivity contribution >= 4 is 41.3 Å². The molecule has 0 fully saturated rings. The van der Waals surface area contributed by atoms with Crippen molar-refractivity contribution in [2.24, 2.45) is 10.9 Å². The first kappa shape index (κ1) is 17.6. The molecule has 4 nitrogen and oxygen atoms in total. The Balaban J connectivity index is 0.00000289. The summed E-state index contributed by atoms with van der Waals surface area (Å²) in [6.45, 7) is 10.2. The summed E-state index contributed by atoms with van der Waals surface area (Å²) in [6, 6.07) is 0. The van der Waals surface area contributed by atoms with E-state index in [9.17, 15) is 0 Å². The lowest BCUT2D eigenvalue weighted by molar-refractivity contribution is 0.614. The molecular formula is C12H23IN4S. The molecule has 0 saturated carbocycles. The van der Waals surface area contributed by atoms with E-state index in [0.29, 0.717) is 5.92 Å². The first-order valence-electron chi connectivity index (χ1n) is 5.90. The molecule has 0 radical (unpaired) electrons. The highest BCUT2D eigenvalue weighted by atomic mass is 127. The predicted octanol–water partition coefficient (Wildman–Crippen LogP) is 2.70. The number of thiazole rings is 1. The Morgan fingerprint density at radius 3 is 2.44 bits per heavy atom. The van der Waals surface area contributed by atoms with E-state index in [0.717, 1.165) is 29.8 Å². The molecule has 0 unspecified atom stereocenters. The number of nitrogens with one attached hydrogen (secondary N) is 2. The molecule has 6 heteroatoms. The van der Waals surface area contributed by atoms with Crippen LogP contribution in [0.4, 0.5) is 0 Å². The molecule has 1 heterocycles. The highest BCUT2D eigenvalue weighted by Crippen LogP contribution is 2.15. The zero-order valence-electron chi connectivity index (χ0n) is 11.7. The van der Waals surface area contributed by atoms with Crippen molar-refractivity contribution in [3.05, 3.63) is 15.6 Å². The van der Waals surface area contributed by atoms with Crippen LogP contribution in [0.2, 0.25) is 0 Å². The first-order valence-corrected chi connectivity index (χ1v) is 6.72. The summed E-state index contributed by atoms with van der Waals surface area (Å²) < 4.78 is 0. The van der Waals surface area contributed by atoms with Crippen LogP contribution in [0.25, 0.3) is 0 Å². The molecular weight excluding hydrogens is 359 g/mol. The van der Waals surface area contributed by atoms with Gasteiger partial charge < -0.3 is 10.6 Å². The summed E-state index contributed by atoms with van der Waals surface area (Å²) in [6.07, 6.45) is 0. The van der Waals surface area contributed by atoms with Crippen LogP contribution in [0.5, 0.6) is 0 Å². The number of hydrogen-bond donors (Lipinski definition) is 2. The zero-order chi connectivity index (χ0) is 12.8. The molecule has 0 saturated heterocycles. The molecule has 0 bridgehead atoms. The highest BCUT2D eigenvalue weighted by molar-refractivity contribution is 14.0. The van der Waals surface area contributed by atoms with Crippen molar-refractivity contribution in [2.45, 2.75) is 34.2 Å². The van der Waals surface area contributed by atoms with Crippen molar-refractivity contribution in [1.82, 2.24) is 15.6 Å². The number of halogens is 1. The van der Waals surface area contributed by atoms with Gasteiger partial charge in [0.25, 0.3) is 0 Å². The van der Waals surface area contributed by atoms with Gasteiger partial charge in [0.1, 0.15) is 5.01 Å². The van der Waals surface area contributed by atoms with Gasteiger partial charge in [-0.15, -0.1) is 35.3 Å². The van der Waals surface area contributed by atoms with Gasteiger partial charge in [0, 0.05) is 18.5 Å². The maximum atomic E-state index is 4.48. The second kappa shape index (κ2) is 8.68. The Kier molecular flexibility index (Phi) is 8.51. The number of hydrogen-bond acceptors (Lipinski definition) is 3. The van der Waals surface area contributed by atoms with Gasteiger partial charge in [0.15, 0.2) is 5.96 Å². The van der Waals surface area contributed by atoms with E-state index in [4.69, 9.17) is 0 Å². The molecule has 0 amide bonds. The fourth-order valence-corrected chi connectivity index (χ4v) is 2.17. The lowest BCUT2D eigenvalue weighted by atomic mass is 10.2. The van der Waals surface area contributed by atoms with E-state index in [-0.39, 0.29) is 24.0 Å². The number of nitrogens with zero attached hydrogens (tertiary/aromatic N) is 2. The van der Waals surface area contributed by atoms with E-state index in [1.165, 1.54) is 4.88 Å². The Bertz CT molecular complexity index is 368. The summed E-state index contributed by atoms with van der Waals surface area (Å²) in [5, 5.41) is 7.65. The van der Waals surface area contributed by atoms with E-state index in [2.05, 4.69) is 41.4 Å². The molecule has 0 atom stereocenters. The molecule has 18 heavy (non-hydrogen) atoms. The SMILES string of the molecule is CN=C(NCc1nc(C)c(C)s1)NCC(C)C.I. The van der Waals surface area contributed by atoms with Crippen molar-refractivity contribution < 1.29 is 0 Å². The molecule has 0 aliphatic rings. The fourth-order valence-electron chi connectivity index (χ4n) is 1.30. The van der Waals surface area contributed by atoms with Crippen LogP contribution < -0.4 is 10.6 Å². The maximum Gasteiger partial charge on any atom is 0.191 e. The molecule has 2 N–H and O–H groups in total. The van der Waals surface area contributed by atoms with Crippen molar-refractivity contribution in [2.75, 3.05) is 13.6 Å². The summed E-state index contributed by atoms with van der Waals surface area (Å²) in [5.74, 6) is 1.45. The molecule has 1 aromatic rings. The van der Waals surface area contributed by atoms with Crippen molar-refractivity contribution in [3.8, 4) is 0 Å². The monoisotopic (exact) mass is 382 g/mol. The topological polar surface area (TPSA) is 49.3 Å². The minimum Gasteiger partial charge on any atom is -0.356 e. The molecule has 1 aromatic heterocycles. The maximum absolute atomic E-state index is 4.48. The molecule has 1 rings (SSSR count). The largest absolute Gasteiger partial charge is 0.356 e. The van der Waals surface area contributed by atoms with Gasteiger partial charge in [-0.25, -0.2) is 4.98 Å². The van der Waals surface area contributed by atoms with Gasteiger partial charge in [-0.2, -0.15) is 0 Å². The van der Waals surface area contributed by atoms with Crippen LogP contribution in [-0.4, -0.2) is 24.5 Å². The van der Waals surface area contributed by atoms with E-state index in [1.807, 2.05) is 6.92 Å². The quantitative estimate of drug-likeness (QED) is 0.478. The number of aliphatic imine (C=N–C) groups is 1. The van der Waals surface area contributed by atoms with E-state index in [1.54, 1.807) is 18.4 Å². The number of guanidine groups is 1. The predicted molar refractivity (Wildman–Crippen MR) is 90.0 cm³/mol. The summed E-state index contributed by atoms with van der Waals surface area (Å²) in [5.41, 5.74) is 1.12. The van der Waals surface area contributed by atoms with Crippen LogP contribution in [0.1, 0.15) is 29.4 Å². The summed E-state index contributed by atoms with van der Waals surface area (Å²) >= 11 is 1.73. The van der Waals surface area contributed by atoms with Crippen LogP contribution in [0.15, 0.2) is 4.99 Å². The lowest BCUT2D eigenvalue weighted by Gasteiger charge is -2.12. The average molecular weight is 382 g/mol. The van der Waals surface area contributed by atoms with Gasteiger partial charge in [0.2, 0.25) is 0 Å². The smallest absolute Gasteiger partial charge is 0.191 e. The zero-order valence-corrected chi connectivity index (χ0v) is 14.8. The Hall–Kier alpha value is -0.370. The lowest BCUT2D eigenvalue weighted by Crippen LogP contribution is -2.38. The molecule has 104 valence electrons.